The predicted molar refractivity (Wildman–Crippen MR) is 184 cm³/mol. The van der Waals surface area contributed by atoms with Crippen molar-refractivity contribution in [2.75, 3.05) is 6.61 Å². The Morgan fingerprint density at radius 1 is 0.936 bits per heavy atom. The second-order valence-corrected chi connectivity index (χ2v) is 15.0. The predicted octanol–water partition coefficient (Wildman–Crippen LogP) is 6.84. The third-order valence-electron chi connectivity index (χ3n) is 8.28. The van der Waals surface area contributed by atoms with Crippen LogP contribution in [0, 0.1) is 0 Å². The zero-order valence-corrected chi connectivity index (χ0v) is 28.7. The van der Waals surface area contributed by atoms with Gasteiger partial charge in [0.15, 0.2) is 18.2 Å². The molecular formula is C38H42N2O6S. The van der Waals surface area contributed by atoms with Crippen molar-refractivity contribution in [1.29, 1.82) is 0 Å². The molecule has 0 saturated carbocycles. The summed E-state index contributed by atoms with van der Waals surface area (Å²) in [5.41, 5.74) is 3.78. The number of carbonyl (C=O) groups excluding carboxylic acids is 3. The van der Waals surface area contributed by atoms with Crippen molar-refractivity contribution in [2.45, 2.75) is 82.9 Å². The summed E-state index contributed by atoms with van der Waals surface area (Å²) >= 11 is 1.36. The number of hydrogen-bond donors (Lipinski definition) is 1. The van der Waals surface area contributed by atoms with Crippen LogP contribution in [0.1, 0.15) is 82.4 Å². The highest BCUT2D eigenvalue weighted by Gasteiger charge is 2.56. The molecule has 5 rings (SSSR count). The topological polar surface area (TPSA) is 106 Å². The number of rotatable bonds is 8. The van der Waals surface area contributed by atoms with Gasteiger partial charge in [-0.05, 0) is 45.1 Å². The summed E-state index contributed by atoms with van der Waals surface area (Å²) in [4.78, 5) is 45.7. The number of hydrogen-bond acceptors (Lipinski definition) is 8. The number of aliphatic imine (C=N–C) groups is 1. The SMILES string of the molecule is CC(=O)OCC1=CS[C@H]2[C@H](N=Cc3cc(C(C)(C)C)c(O)c(C(C)(C)C)c3)C(=O)N2C1C(=O)OC(c1ccccc1)c1ccccc1. The average molecular weight is 655 g/mol. The van der Waals surface area contributed by atoms with E-state index in [1.165, 1.54) is 23.6 Å². The van der Waals surface area contributed by atoms with E-state index in [-0.39, 0.29) is 29.1 Å². The van der Waals surface area contributed by atoms with Gasteiger partial charge in [0.1, 0.15) is 17.7 Å². The largest absolute Gasteiger partial charge is 0.507 e. The number of amides is 1. The summed E-state index contributed by atoms with van der Waals surface area (Å²) in [6.07, 6.45) is 0.970. The smallest absolute Gasteiger partial charge is 0.334 e. The lowest BCUT2D eigenvalue weighted by molar-refractivity contribution is -0.164. The van der Waals surface area contributed by atoms with E-state index in [0.717, 1.165) is 27.8 Å². The Labute approximate surface area is 280 Å². The Kier molecular flexibility index (Phi) is 9.68. The molecule has 1 fully saturated rings. The zero-order valence-electron chi connectivity index (χ0n) is 27.9. The number of β-lactam (4-membered cyclic amide) rings is 1. The number of benzene rings is 3. The minimum absolute atomic E-state index is 0.146. The van der Waals surface area contributed by atoms with Crippen molar-refractivity contribution in [3.63, 3.8) is 0 Å². The lowest BCUT2D eigenvalue weighted by Gasteiger charge is -2.50. The van der Waals surface area contributed by atoms with Crippen molar-refractivity contribution in [1.82, 2.24) is 4.90 Å². The molecule has 9 heteroatoms. The van der Waals surface area contributed by atoms with E-state index in [4.69, 9.17) is 14.5 Å². The maximum Gasteiger partial charge on any atom is 0.334 e. The van der Waals surface area contributed by atoms with Gasteiger partial charge in [0.25, 0.3) is 5.91 Å². The van der Waals surface area contributed by atoms with Crippen LogP contribution in [0.4, 0.5) is 0 Å². The van der Waals surface area contributed by atoms with Gasteiger partial charge in [-0.1, -0.05) is 102 Å². The summed E-state index contributed by atoms with van der Waals surface area (Å²) in [7, 11) is 0. The van der Waals surface area contributed by atoms with Gasteiger partial charge in [-0.2, -0.15) is 0 Å². The molecule has 3 aromatic rings. The van der Waals surface area contributed by atoms with Crippen LogP contribution >= 0.6 is 11.8 Å². The van der Waals surface area contributed by atoms with E-state index in [0.29, 0.717) is 5.57 Å². The molecule has 2 aliphatic rings. The number of ether oxygens (including phenoxy) is 2. The number of fused-ring (bicyclic) bond motifs is 1. The maximum atomic E-state index is 14.1. The third-order valence-corrected chi connectivity index (χ3v) is 9.48. The molecule has 0 radical (unpaired) electrons. The Morgan fingerprint density at radius 3 is 1.96 bits per heavy atom. The maximum absolute atomic E-state index is 14.1. The molecule has 1 amide bonds. The molecule has 0 spiro atoms. The van der Waals surface area contributed by atoms with E-state index in [1.807, 2.05) is 114 Å². The van der Waals surface area contributed by atoms with Gasteiger partial charge in [0, 0.05) is 29.8 Å². The van der Waals surface area contributed by atoms with Crippen LogP contribution in [0.3, 0.4) is 0 Å². The molecule has 0 bridgehead atoms. The molecule has 246 valence electrons. The van der Waals surface area contributed by atoms with Crippen molar-refractivity contribution in [3.8, 4) is 5.75 Å². The summed E-state index contributed by atoms with van der Waals surface area (Å²) < 4.78 is 11.5. The number of nitrogens with zero attached hydrogens (tertiary/aromatic N) is 2. The Hall–Kier alpha value is -4.37. The van der Waals surface area contributed by atoms with Crippen LogP contribution < -0.4 is 0 Å². The lowest BCUT2D eigenvalue weighted by atomic mass is 9.78. The highest BCUT2D eigenvalue weighted by Crippen LogP contribution is 2.43. The number of phenols is 1. The van der Waals surface area contributed by atoms with E-state index in [2.05, 4.69) is 0 Å². The number of esters is 2. The van der Waals surface area contributed by atoms with E-state index >= 15 is 0 Å². The van der Waals surface area contributed by atoms with Crippen LogP contribution in [0.25, 0.3) is 0 Å². The molecular weight excluding hydrogens is 612 g/mol. The highest BCUT2D eigenvalue weighted by atomic mass is 32.2. The standard InChI is InChI=1S/C38H42N2O6S/c1-23(41)45-21-27-22-47-35-30(39-20-24-18-28(37(2,3)4)32(42)29(19-24)38(5,6)7)34(43)40(35)31(27)36(44)46-33(25-14-10-8-11-15-25)26-16-12-9-13-17-26/h8-20,22,30-31,33,35,42H,21H2,1-7H3/t30-,31?,35+/m1/s1. The quantitative estimate of drug-likeness (QED) is 0.161. The van der Waals surface area contributed by atoms with Gasteiger partial charge >= 0.3 is 11.9 Å². The minimum atomic E-state index is -1.08. The first-order valence-corrected chi connectivity index (χ1v) is 16.6. The first kappa shape index (κ1) is 34.0. The van der Waals surface area contributed by atoms with Crippen molar-refractivity contribution >= 4 is 35.8 Å². The summed E-state index contributed by atoms with van der Waals surface area (Å²) in [5.74, 6) is -1.17. The van der Waals surface area contributed by atoms with Crippen LogP contribution in [0.5, 0.6) is 5.75 Å². The summed E-state index contributed by atoms with van der Waals surface area (Å²) in [5, 5.41) is 12.4. The monoisotopic (exact) mass is 654 g/mol. The molecule has 1 unspecified atom stereocenters. The first-order valence-electron chi connectivity index (χ1n) is 15.7. The van der Waals surface area contributed by atoms with Crippen molar-refractivity contribution in [3.05, 3.63) is 112 Å². The molecule has 0 aliphatic carbocycles. The van der Waals surface area contributed by atoms with E-state index < -0.39 is 35.5 Å². The third kappa shape index (κ3) is 7.30. The number of carbonyl (C=O) groups is 3. The van der Waals surface area contributed by atoms with E-state index in [9.17, 15) is 19.5 Å². The minimum Gasteiger partial charge on any atom is -0.507 e. The van der Waals surface area contributed by atoms with Gasteiger partial charge in [0.05, 0.1) is 0 Å². The molecule has 8 nitrogen and oxygen atoms in total. The Morgan fingerprint density at radius 2 is 1.47 bits per heavy atom. The molecule has 2 aliphatic heterocycles. The molecule has 1 saturated heterocycles. The molecule has 47 heavy (non-hydrogen) atoms. The number of phenolic OH excluding ortho intramolecular Hbond substituents is 1. The number of aromatic hydroxyl groups is 1. The summed E-state index contributed by atoms with van der Waals surface area (Å²) in [6, 6.07) is 20.9. The summed E-state index contributed by atoms with van der Waals surface area (Å²) in [6.45, 7) is 13.4. The molecule has 2 heterocycles. The Balaban J connectivity index is 1.45. The molecule has 0 aromatic heterocycles. The highest BCUT2D eigenvalue weighted by molar-refractivity contribution is 8.03. The fourth-order valence-electron chi connectivity index (χ4n) is 5.79. The van der Waals surface area contributed by atoms with Gasteiger partial charge < -0.3 is 19.5 Å². The fraction of sp³-hybridized carbons (Fsp3) is 0.368. The van der Waals surface area contributed by atoms with Crippen molar-refractivity contribution < 1.29 is 29.0 Å². The van der Waals surface area contributed by atoms with Crippen LogP contribution in [0.2, 0.25) is 0 Å². The Bertz CT molecular complexity index is 1630. The fourth-order valence-corrected chi connectivity index (χ4v) is 6.99. The van der Waals surface area contributed by atoms with Crippen LogP contribution in [0.15, 0.2) is 88.8 Å². The van der Waals surface area contributed by atoms with Gasteiger partial charge in [-0.3, -0.25) is 14.6 Å². The molecule has 3 atom stereocenters. The van der Waals surface area contributed by atoms with Crippen LogP contribution in [-0.4, -0.2) is 58.1 Å². The first-order chi connectivity index (χ1) is 22.2. The van der Waals surface area contributed by atoms with Gasteiger partial charge in [0.2, 0.25) is 0 Å². The second-order valence-electron chi connectivity index (χ2n) is 14.0. The van der Waals surface area contributed by atoms with E-state index in [1.54, 1.807) is 11.6 Å². The molecule has 3 aromatic carbocycles. The lowest BCUT2D eigenvalue weighted by Crippen LogP contribution is -2.69. The van der Waals surface area contributed by atoms with Crippen LogP contribution in [-0.2, 0) is 34.7 Å². The average Bonchev–Trinajstić information content (AvgIpc) is 3.02. The van der Waals surface area contributed by atoms with Gasteiger partial charge in [-0.15, -0.1) is 11.8 Å². The van der Waals surface area contributed by atoms with Gasteiger partial charge in [-0.25, -0.2) is 4.79 Å². The van der Waals surface area contributed by atoms with Crippen molar-refractivity contribution in [2.24, 2.45) is 4.99 Å². The normalized spacial score (nSPS) is 19.7. The zero-order chi connectivity index (χ0) is 34.1. The number of thioether (sulfide) groups is 1. The second kappa shape index (κ2) is 13.4. The molecule has 1 N–H and O–H groups in total.